The summed E-state index contributed by atoms with van der Waals surface area (Å²) in [4.78, 5) is 22.0. The highest BCUT2D eigenvalue weighted by Gasteiger charge is 2.52. The zero-order chi connectivity index (χ0) is 29.2. The second kappa shape index (κ2) is 10.2. The van der Waals surface area contributed by atoms with E-state index in [-0.39, 0.29) is 22.6 Å². The first-order chi connectivity index (χ1) is 20.1. The van der Waals surface area contributed by atoms with Gasteiger partial charge in [0.25, 0.3) is 0 Å². The molecule has 0 amide bonds. The molecule has 2 unspecified atom stereocenters. The number of imidazole rings is 1. The van der Waals surface area contributed by atoms with Gasteiger partial charge in [-0.05, 0) is 86.4 Å². The molecule has 4 aromatic rings. The van der Waals surface area contributed by atoms with Crippen LogP contribution in [0.2, 0.25) is 0 Å². The van der Waals surface area contributed by atoms with Crippen LogP contribution in [0.15, 0.2) is 59.8 Å². The fourth-order valence-electron chi connectivity index (χ4n) is 6.11. The van der Waals surface area contributed by atoms with Gasteiger partial charge in [0.05, 0.1) is 29.2 Å². The molecule has 0 bridgehead atoms. The van der Waals surface area contributed by atoms with Gasteiger partial charge in [0.15, 0.2) is 10.2 Å². The van der Waals surface area contributed by atoms with Gasteiger partial charge < -0.3 is 4.57 Å². The lowest BCUT2D eigenvalue weighted by atomic mass is 9.61. The van der Waals surface area contributed by atoms with Gasteiger partial charge in [0.1, 0.15) is 10.7 Å². The Kier molecular flexibility index (Phi) is 6.66. The molecule has 0 spiro atoms. The van der Waals surface area contributed by atoms with Crippen molar-refractivity contribution in [2.24, 2.45) is 12.5 Å². The van der Waals surface area contributed by atoms with Gasteiger partial charge in [-0.1, -0.05) is 5.57 Å². The van der Waals surface area contributed by atoms with E-state index in [2.05, 4.69) is 19.4 Å². The summed E-state index contributed by atoms with van der Waals surface area (Å²) < 4.78 is 60.1. The molecule has 0 aliphatic heterocycles. The van der Waals surface area contributed by atoms with Gasteiger partial charge in [-0.15, -0.1) is 11.3 Å². The number of hydrogen-bond donors (Lipinski definition) is 0. The lowest BCUT2D eigenvalue weighted by Gasteiger charge is -2.46. The zero-order valence-electron chi connectivity index (χ0n) is 22.5. The number of fused-ring (bicyclic) bond motifs is 2. The number of Topliss-reactive ketones (excluding diaryl/α,β-unsaturated/α-hetero) is 1. The Labute approximate surface area is 247 Å². The van der Waals surface area contributed by atoms with Crippen LogP contribution in [0.25, 0.3) is 11.8 Å². The Morgan fingerprint density at radius 3 is 2.57 bits per heavy atom. The molecule has 2 fully saturated rings. The summed E-state index contributed by atoms with van der Waals surface area (Å²) in [7, 11) is 1.94. The summed E-state index contributed by atoms with van der Waals surface area (Å²) in [5, 5.41) is 5.28. The minimum Gasteiger partial charge on any atom is -0.328 e. The van der Waals surface area contributed by atoms with Crippen molar-refractivity contribution in [3.05, 3.63) is 81.6 Å². The molecule has 13 heteroatoms. The summed E-state index contributed by atoms with van der Waals surface area (Å²) in [6.07, 6.45) is 7.75. The van der Waals surface area contributed by atoms with Crippen molar-refractivity contribution >= 4 is 35.1 Å². The van der Waals surface area contributed by atoms with Gasteiger partial charge in [-0.2, -0.15) is 18.3 Å². The van der Waals surface area contributed by atoms with E-state index in [1.807, 2.05) is 23.9 Å². The maximum Gasteiger partial charge on any atom is 0.427 e. The molecule has 0 saturated heterocycles. The Morgan fingerprint density at radius 1 is 1.12 bits per heavy atom. The largest absolute Gasteiger partial charge is 0.427 e. The van der Waals surface area contributed by atoms with Crippen LogP contribution < -0.4 is 0 Å². The average Bonchev–Trinajstić information content (AvgIpc) is 3.32. The van der Waals surface area contributed by atoms with E-state index in [0.29, 0.717) is 42.3 Å². The molecule has 0 radical (unpaired) electrons. The minimum absolute atomic E-state index is 0.0102. The van der Waals surface area contributed by atoms with Crippen LogP contribution in [0.4, 0.5) is 17.6 Å². The highest BCUT2D eigenvalue weighted by atomic mass is 32.2. The first kappa shape index (κ1) is 27.5. The second-order valence-electron chi connectivity index (χ2n) is 11.1. The topological polar surface area (TPSA) is 68.8 Å². The van der Waals surface area contributed by atoms with E-state index in [4.69, 9.17) is 0 Å². The summed E-state index contributed by atoms with van der Waals surface area (Å²) in [5.74, 6) is -0.733. The van der Waals surface area contributed by atoms with Crippen LogP contribution in [0.1, 0.15) is 58.0 Å². The SMILES string of the molecule is Cn1ccnc1SN(C1CC1)C1CCC2=Cc3c(cnn3-c3ccc(F)cc3)CC2(C(=O)c2ncc(C(F)(F)F)s2)C1. The predicted octanol–water partition coefficient (Wildman–Crippen LogP) is 6.75. The molecule has 3 aromatic heterocycles. The number of thiazole rings is 1. The molecule has 1 aromatic carbocycles. The number of halogens is 4. The van der Waals surface area contributed by atoms with Crippen molar-refractivity contribution in [1.82, 2.24) is 28.6 Å². The first-order valence-electron chi connectivity index (χ1n) is 13.7. The molecule has 42 heavy (non-hydrogen) atoms. The Balaban J connectivity index is 1.29. The summed E-state index contributed by atoms with van der Waals surface area (Å²) in [6.45, 7) is 0. The van der Waals surface area contributed by atoms with Crippen molar-refractivity contribution in [1.29, 1.82) is 0 Å². The first-order valence-corrected chi connectivity index (χ1v) is 15.3. The van der Waals surface area contributed by atoms with E-state index in [9.17, 15) is 22.4 Å². The monoisotopic (exact) mass is 614 g/mol. The van der Waals surface area contributed by atoms with E-state index in [1.165, 1.54) is 12.1 Å². The Bertz CT molecular complexity index is 1690. The summed E-state index contributed by atoms with van der Waals surface area (Å²) >= 11 is 2.00. The third-order valence-electron chi connectivity index (χ3n) is 8.35. The number of aryl methyl sites for hydroxylation is 1. The number of nitrogens with zero attached hydrogens (tertiary/aromatic N) is 6. The van der Waals surface area contributed by atoms with E-state index < -0.39 is 16.5 Å². The van der Waals surface area contributed by atoms with Gasteiger partial charge in [0, 0.05) is 31.5 Å². The van der Waals surface area contributed by atoms with Crippen molar-refractivity contribution in [2.75, 3.05) is 0 Å². The molecule has 2 saturated carbocycles. The molecule has 0 N–H and O–H groups in total. The lowest BCUT2D eigenvalue weighted by molar-refractivity contribution is -0.134. The van der Waals surface area contributed by atoms with Gasteiger partial charge in [-0.3, -0.25) is 4.79 Å². The average molecular weight is 615 g/mol. The van der Waals surface area contributed by atoms with Crippen molar-refractivity contribution < 1.29 is 22.4 Å². The fraction of sp³-hybridized carbons (Fsp3) is 0.379. The van der Waals surface area contributed by atoms with Crippen LogP contribution in [0.3, 0.4) is 0 Å². The number of carbonyl (C=O) groups is 1. The molecule has 3 heterocycles. The third kappa shape index (κ3) is 4.80. The number of allylic oxidation sites excluding steroid dienone is 1. The number of ketones is 1. The smallest absolute Gasteiger partial charge is 0.328 e. The van der Waals surface area contributed by atoms with E-state index >= 15 is 0 Å². The molecular formula is C29H26F4N6OS2. The highest BCUT2D eigenvalue weighted by Crippen LogP contribution is 2.54. The predicted molar refractivity (Wildman–Crippen MR) is 151 cm³/mol. The molecule has 3 aliphatic rings. The van der Waals surface area contributed by atoms with Gasteiger partial charge in [-0.25, -0.2) is 23.3 Å². The maximum absolute atomic E-state index is 14.4. The van der Waals surface area contributed by atoms with Crippen LogP contribution in [-0.4, -0.2) is 46.5 Å². The van der Waals surface area contributed by atoms with Crippen molar-refractivity contribution in [2.45, 2.75) is 61.9 Å². The minimum atomic E-state index is -4.57. The quantitative estimate of drug-likeness (QED) is 0.130. The van der Waals surface area contributed by atoms with Crippen LogP contribution >= 0.6 is 23.3 Å². The van der Waals surface area contributed by atoms with Crippen molar-refractivity contribution in [3.63, 3.8) is 0 Å². The van der Waals surface area contributed by atoms with Crippen LogP contribution in [0, 0.1) is 11.2 Å². The third-order valence-corrected chi connectivity index (χ3v) is 10.8. The molecule has 7 nitrogen and oxygen atoms in total. The van der Waals surface area contributed by atoms with Crippen LogP contribution in [-0.2, 0) is 19.6 Å². The highest BCUT2D eigenvalue weighted by molar-refractivity contribution is 7.96. The van der Waals surface area contributed by atoms with Crippen molar-refractivity contribution in [3.8, 4) is 5.69 Å². The molecule has 3 aliphatic carbocycles. The zero-order valence-corrected chi connectivity index (χ0v) is 24.1. The maximum atomic E-state index is 14.4. The summed E-state index contributed by atoms with van der Waals surface area (Å²) in [6, 6.07) is 6.38. The van der Waals surface area contributed by atoms with E-state index in [0.717, 1.165) is 47.4 Å². The number of hydrogen-bond acceptors (Lipinski definition) is 7. The second-order valence-corrected chi connectivity index (χ2v) is 13.1. The van der Waals surface area contributed by atoms with E-state index in [1.54, 1.807) is 41.2 Å². The van der Waals surface area contributed by atoms with Gasteiger partial charge >= 0.3 is 6.18 Å². The number of rotatable bonds is 7. The summed E-state index contributed by atoms with van der Waals surface area (Å²) in [5.41, 5.74) is 2.13. The fourth-order valence-corrected chi connectivity index (χ4v) is 8.11. The molecule has 7 rings (SSSR count). The van der Waals surface area contributed by atoms with Gasteiger partial charge in [0.2, 0.25) is 5.78 Å². The number of carbonyl (C=O) groups excluding carboxylic acids is 1. The normalized spacial score (nSPS) is 22.1. The molecular weight excluding hydrogens is 588 g/mol. The van der Waals surface area contributed by atoms with Crippen LogP contribution in [0.5, 0.6) is 0 Å². The number of aromatic nitrogens is 5. The Morgan fingerprint density at radius 2 is 1.90 bits per heavy atom. The Hall–Kier alpha value is -3.29. The standard InChI is InChI=1S/C29H26F4N6OS2/c1-37-11-10-34-27(37)42-39(21-8-9-21)22-5-2-18-12-23-17(15-36-38(23)20-6-3-19(30)4-7-20)13-28(18,14-22)25(40)26-35-16-24(41-26)29(31,32)33/h3-4,6-7,10-12,15-16,21-22H,2,5,8-9,13-14H2,1H3. The lowest BCUT2D eigenvalue weighted by Crippen LogP contribution is -2.48. The number of alkyl halides is 3. The number of benzene rings is 1. The molecule has 2 atom stereocenters. The molecule has 218 valence electrons.